The summed E-state index contributed by atoms with van der Waals surface area (Å²) in [6.45, 7) is 6.60. The molecule has 0 spiro atoms. The number of ether oxygens (including phenoxy) is 2. The summed E-state index contributed by atoms with van der Waals surface area (Å²) in [5.74, 6) is -0.252. The zero-order chi connectivity index (χ0) is 15.2. The number of halogens is 1. The summed E-state index contributed by atoms with van der Waals surface area (Å²) in [5, 5.41) is 0. The van der Waals surface area contributed by atoms with Crippen LogP contribution in [-0.4, -0.2) is 25.4 Å². The SMILES string of the molecule is CCC(N)C(OCCC(C)(C)OC)c1ccc(F)cc1. The molecule has 1 aromatic carbocycles. The van der Waals surface area contributed by atoms with Crippen LogP contribution in [0.25, 0.3) is 0 Å². The molecule has 2 unspecified atom stereocenters. The van der Waals surface area contributed by atoms with Gasteiger partial charge in [0.15, 0.2) is 0 Å². The van der Waals surface area contributed by atoms with E-state index >= 15 is 0 Å². The third kappa shape index (κ3) is 5.19. The molecule has 0 aliphatic heterocycles. The van der Waals surface area contributed by atoms with Crippen LogP contribution in [0.4, 0.5) is 4.39 Å². The standard InChI is InChI=1S/C16H26FNO2/c1-5-14(18)15(12-6-8-13(17)9-7-12)20-11-10-16(2,3)19-4/h6-9,14-15H,5,10-11,18H2,1-4H3. The molecule has 0 fully saturated rings. The van der Waals surface area contributed by atoms with Gasteiger partial charge >= 0.3 is 0 Å². The van der Waals surface area contributed by atoms with Crippen LogP contribution in [-0.2, 0) is 9.47 Å². The van der Waals surface area contributed by atoms with Gasteiger partial charge in [0.2, 0.25) is 0 Å². The quantitative estimate of drug-likeness (QED) is 0.795. The molecule has 20 heavy (non-hydrogen) atoms. The molecule has 2 atom stereocenters. The fraction of sp³-hybridized carbons (Fsp3) is 0.625. The minimum absolute atomic E-state index is 0.105. The van der Waals surface area contributed by atoms with Gasteiger partial charge in [0.25, 0.3) is 0 Å². The van der Waals surface area contributed by atoms with Crippen molar-refractivity contribution in [3.05, 3.63) is 35.6 Å². The number of nitrogens with two attached hydrogens (primary N) is 1. The highest BCUT2D eigenvalue weighted by Crippen LogP contribution is 2.24. The summed E-state index contributed by atoms with van der Waals surface area (Å²) in [6, 6.07) is 6.24. The zero-order valence-electron chi connectivity index (χ0n) is 12.9. The van der Waals surface area contributed by atoms with Crippen molar-refractivity contribution in [3.8, 4) is 0 Å². The van der Waals surface area contributed by atoms with Gasteiger partial charge in [0.1, 0.15) is 5.82 Å². The van der Waals surface area contributed by atoms with Gasteiger partial charge in [-0.2, -0.15) is 0 Å². The molecule has 114 valence electrons. The second kappa shape index (κ2) is 7.72. The van der Waals surface area contributed by atoms with Crippen LogP contribution in [0.2, 0.25) is 0 Å². The number of rotatable bonds is 8. The van der Waals surface area contributed by atoms with E-state index in [1.54, 1.807) is 19.2 Å². The van der Waals surface area contributed by atoms with E-state index < -0.39 is 0 Å². The number of benzene rings is 1. The Balaban J connectivity index is 2.68. The Morgan fingerprint density at radius 3 is 2.35 bits per heavy atom. The van der Waals surface area contributed by atoms with Crippen LogP contribution in [0.15, 0.2) is 24.3 Å². The summed E-state index contributed by atoms with van der Waals surface area (Å²) in [6.07, 6.45) is 1.36. The van der Waals surface area contributed by atoms with Crippen molar-refractivity contribution in [1.82, 2.24) is 0 Å². The van der Waals surface area contributed by atoms with Crippen LogP contribution < -0.4 is 5.73 Å². The van der Waals surface area contributed by atoms with Gasteiger partial charge in [-0.1, -0.05) is 19.1 Å². The van der Waals surface area contributed by atoms with Gasteiger partial charge in [-0.25, -0.2) is 4.39 Å². The molecule has 1 rings (SSSR count). The number of hydrogen-bond donors (Lipinski definition) is 1. The lowest BCUT2D eigenvalue weighted by atomic mass is 10.0. The largest absolute Gasteiger partial charge is 0.379 e. The average molecular weight is 283 g/mol. The highest BCUT2D eigenvalue weighted by atomic mass is 19.1. The second-order valence-electron chi connectivity index (χ2n) is 5.63. The first-order chi connectivity index (χ1) is 9.39. The lowest BCUT2D eigenvalue weighted by Crippen LogP contribution is -2.31. The third-order valence-electron chi connectivity index (χ3n) is 3.61. The van der Waals surface area contributed by atoms with E-state index in [1.807, 2.05) is 20.8 Å². The van der Waals surface area contributed by atoms with Crippen LogP contribution in [0.5, 0.6) is 0 Å². The van der Waals surface area contributed by atoms with E-state index in [9.17, 15) is 4.39 Å². The van der Waals surface area contributed by atoms with Crippen molar-refractivity contribution in [2.24, 2.45) is 5.73 Å². The van der Waals surface area contributed by atoms with E-state index in [4.69, 9.17) is 15.2 Å². The molecule has 0 bridgehead atoms. The summed E-state index contributed by atoms with van der Waals surface area (Å²) < 4.78 is 24.3. The molecule has 0 saturated carbocycles. The van der Waals surface area contributed by atoms with E-state index in [0.717, 1.165) is 18.4 Å². The Labute approximate surface area is 121 Å². The maximum atomic E-state index is 13.0. The Morgan fingerprint density at radius 1 is 1.25 bits per heavy atom. The molecular weight excluding hydrogens is 257 g/mol. The maximum Gasteiger partial charge on any atom is 0.123 e. The predicted molar refractivity (Wildman–Crippen MR) is 79.1 cm³/mol. The summed E-state index contributed by atoms with van der Waals surface area (Å²) in [7, 11) is 1.69. The highest BCUT2D eigenvalue weighted by Gasteiger charge is 2.22. The van der Waals surface area contributed by atoms with Gasteiger partial charge in [-0.15, -0.1) is 0 Å². The van der Waals surface area contributed by atoms with Gasteiger partial charge in [0.05, 0.1) is 18.3 Å². The Kier molecular flexibility index (Phi) is 6.59. The molecule has 0 aliphatic rings. The minimum Gasteiger partial charge on any atom is -0.379 e. The molecule has 0 saturated heterocycles. The van der Waals surface area contributed by atoms with Crippen molar-refractivity contribution in [2.45, 2.75) is 51.4 Å². The summed E-state index contributed by atoms with van der Waals surface area (Å²) in [5.41, 5.74) is 6.81. The molecule has 1 aromatic rings. The minimum atomic E-state index is -0.252. The predicted octanol–water partition coefficient (Wildman–Crippen LogP) is 3.44. The van der Waals surface area contributed by atoms with E-state index in [-0.39, 0.29) is 23.6 Å². The third-order valence-corrected chi connectivity index (χ3v) is 3.61. The van der Waals surface area contributed by atoms with Crippen LogP contribution in [0.3, 0.4) is 0 Å². The van der Waals surface area contributed by atoms with Crippen molar-refractivity contribution < 1.29 is 13.9 Å². The van der Waals surface area contributed by atoms with Gasteiger partial charge in [-0.05, 0) is 44.4 Å². The fourth-order valence-corrected chi connectivity index (χ4v) is 1.87. The maximum absolute atomic E-state index is 13.0. The number of hydrogen-bond acceptors (Lipinski definition) is 3. The van der Waals surface area contributed by atoms with E-state index in [1.165, 1.54) is 12.1 Å². The fourth-order valence-electron chi connectivity index (χ4n) is 1.87. The van der Waals surface area contributed by atoms with Gasteiger partial charge in [-0.3, -0.25) is 0 Å². The van der Waals surface area contributed by atoms with Crippen LogP contribution in [0.1, 0.15) is 45.3 Å². The highest BCUT2D eigenvalue weighted by molar-refractivity contribution is 5.20. The average Bonchev–Trinajstić information content (AvgIpc) is 2.44. The molecule has 0 heterocycles. The van der Waals surface area contributed by atoms with Crippen molar-refractivity contribution in [1.29, 1.82) is 0 Å². The Bertz CT molecular complexity index is 392. The van der Waals surface area contributed by atoms with Crippen molar-refractivity contribution in [3.63, 3.8) is 0 Å². The van der Waals surface area contributed by atoms with Crippen molar-refractivity contribution in [2.75, 3.05) is 13.7 Å². The normalized spacial score (nSPS) is 15.1. The molecule has 0 aliphatic carbocycles. The van der Waals surface area contributed by atoms with Gasteiger partial charge < -0.3 is 15.2 Å². The summed E-state index contributed by atoms with van der Waals surface area (Å²) >= 11 is 0. The van der Waals surface area contributed by atoms with E-state index in [0.29, 0.717) is 6.61 Å². The first-order valence-electron chi connectivity index (χ1n) is 7.07. The van der Waals surface area contributed by atoms with Gasteiger partial charge in [0, 0.05) is 13.2 Å². The Hall–Kier alpha value is -0.970. The van der Waals surface area contributed by atoms with E-state index in [2.05, 4.69) is 0 Å². The summed E-state index contributed by atoms with van der Waals surface area (Å²) in [4.78, 5) is 0. The van der Waals surface area contributed by atoms with Crippen LogP contribution >= 0.6 is 0 Å². The molecule has 3 nitrogen and oxygen atoms in total. The molecule has 4 heteroatoms. The lowest BCUT2D eigenvalue weighted by molar-refractivity contribution is -0.0332. The zero-order valence-corrected chi connectivity index (χ0v) is 12.9. The second-order valence-corrected chi connectivity index (χ2v) is 5.63. The first kappa shape index (κ1) is 17.1. The smallest absolute Gasteiger partial charge is 0.123 e. The van der Waals surface area contributed by atoms with Crippen LogP contribution in [0, 0.1) is 5.82 Å². The first-order valence-corrected chi connectivity index (χ1v) is 7.07. The Morgan fingerprint density at radius 2 is 1.85 bits per heavy atom. The number of methoxy groups -OCH3 is 1. The van der Waals surface area contributed by atoms with Crippen molar-refractivity contribution >= 4 is 0 Å². The molecule has 2 N–H and O–H groups in total. The monoisotopic (exact) mass is 283 g/mol. The molecule has 0 amide bonds. The molecule has 0 radical (unpaired) electrons. The topological polar surface area (TPSA) is 44.5 Å². The lowest BCUT2D eigenvalue weighted by Gasteiger charge is -2.27. The molecule has 0 aromatic heterocycles. The molecular formula is C16H26FNO2.